The van der Waals surface area contributed by atoms with Crippen molar-refractivity contribution in [2.75, 3.05) is 5.75 Å². The summed E-state index contributed by atoms with van der Waals surface area (Å²) in [6.07, 6.45) is 2.95. The molecule has 2 aromatic rings. The number of fused-ring (bicyclic) bond motifs is 2. The van der Waals surface area contributed by atoms with Gasteiger partial charge in [-0.25, -0.2) is 4.98 Å². The Kier molecular flexibility index (Phi) is 2.81. The molecule has 1 aliphatic rings. The topological polar surface area (TPSA) is 36.7 Å². The van der Waals surface area contributed by atoms with E-state index < -0.39 is 0 Å². The molecule has 0 spiro atoms. The average molecular weight is 252 g/mol. The number of benzene rings is 1. The van der Waals surface area contributed by atoms with E-state index in [0.717, 1.165) is 39.2 Å². The van der Waals surface area contributed by atoms with Crippen molar-refractivity contribution in [3.05, 3.63) is 41.0 Å². The predicted molar refractivity (Wildman–Crippen MR) is 75.4 cm³/mol. The maximum atomic E-state index is 8.96. The van der Waals surface area contributed by atoms with E-state index in [2.05, 4.69) is 37.3 Å². The summed E-state index contributed by atoms with van der Waals surface area (Å²) in [7, 11) is 0. The molecule has 0 unspecified atom stereocenters. The zero-order valence-electron chi connectivity index (χ0n) is 10.1. The van der Waals surface area contributed by atoms with E-state index in [9.17, 15) is 0 Å². The van der Waals surface area contributed by atoms with E-state index in [0.29, 0.717) is 0 Å². The minimum Gasteiger partial charge on any atom is -0.241 e. The number of aryl methyl sites for hydroxylation is 1. The van der Waals surface area contributed by atoms with Crippen molar-refractivity contribution in [3.63, 3.8) is 0 Å². The number of para-hydroxylation sites is 1. The molecule has 0 N–H and O–H groups in total. The highest BCUT2D eigenvalue weighted by Crippen LogP contribution is 2.33. The van der Waals surface area contributed by atoms with Gasteiger partial charge in [0.1, 0.15) is 5.03 Å². The zero-order chi connectivity index (χ0) is 12.5. The molecule has 0 aliphatic carbocycles. The molecule has 0 saturated heterocycles. The number of thioether (sulfide) groups is 1. The van der Waals surface area contributed by atoms with E-state index >= 15 is 0 Å². The number of rotatable bonds is 1. The zero-order valence-corrected chi connectivity index (χ0v) is 10.9. The van der Waals surface area contributed by atoms with E-state index in [1.54, 1.807) is 11.8 Å². The van der Waals surface area contributed by atoms with Crippen molar-refractivity contribution < 1.29 is 0 Å². The molecular weight excluding hydrogens is 240 g/mol. The molecule has 2 nitrogen and oxygen atoms in total. The summed E-state index contributed by atoms with van der Waals surface area (Å²) >= 11 is 1.65. The van der Waals surface area contributed by atoms with Gasteiger partial charge in [-0.3, -0.25) is 0 Å². The fourth-order valence-electron chi connectivity index (χ4n) is 2.20. The molecule has 0 radical (unpaired) electrons. The second kappa shape index (κ2) is 4.47. The van der Waals surface area contributed by atoms with Crippen LogP contribution in [0.1, 0.15) is 18.1 Å². The average Bonchev–Trinajstić information content (AvgIpc) is 2.43. The standard InChI is InChI=1S/C15H12N2S/c1-2-11-4-3-5-12-7-13-6-10(8-16)9-18-15(13)17-14(11)12/h3-7H,2,9H2,1H3. The Bertz CT molecular complexity index is 695. The van der Waals surface area contributed by atoms with Crippen LogP contribution in [0.4, 0.5) is 0 Å². The van der Waals surface area contributed by atoms with E-state index in [1.165, 1.54) is 5.56 Å². The quantitative estimate of drug-likeness (QED) is 0.774. The maximum Gasteiger partial charge on any atom is 0.104 e. The Morgan fingerprint density at radius 2 is 2.33 bits per heavy atom. The summed E-state index contributed by atoms with van der Waals surface area (Å²) in [6, 6.07) is 10.7. The number of aromatic nitrogens is 1. The lowest BCUT2D eigenvalue weighted by atomic mass is 10.1. The molecule has 1 aliphatic heterocycles. The number of pyridine rings is 1. The van der Waals surface area contributed by atoms with Crippen LogP contribution in [0.5, 0.6) is 0 Å². The highest BCUT2D eigenvalue weighted by molar-refractivity contribution is 7.99. The monoisotopic (exact) mass is 252 g/mol. The molecular formula is C15H12N2S. The van der Waals surface area contributed by atoms with Crippen LogP contribution in [0.15, 0.2) is 34.9 Å². The van der Waals surface area contributed by atoms with Gasteiger partial charge < -0.3 is 0 Å². The number of nitriles is 1. The highest BCUT2D eigenvalue weighted by atomic mass is 32.2. The molecule has 0 bridgehead atoms. The fourth-order valence-corrected chi connectivity index (χ4v) is 3.08. The Balaban J connectivity index is 2.26. The lowest BCUT2D eigenvalue weighted by molar-refractivity contribution is 1.10. The lowest BCUT2D eigenvalue weighted by Gasteiger charge is -2.13. The Hall–Kier alpha value is -1.79. The van der Waals surface area contributed by atoms with Gasteiger partial charge in [-0.15, -0.1) is 11.8 Å². The van der Waals surface area contributed by atoms with Crippen molar-refractivity contribution in [1.82, 2.24) is 4.98 Å². The largest absolute Gasteiger partial charge is 0.241 e. The molecule has 0 saturated carbocycles. The van der Waals surface area contributed by atoms with Gasteiger partial charge in [-0.1, -0.05) is 25.1 Å². The number of hydrogen-bond acceptors (Lipinski definition) is 3. The van der Waals surface area contributed by atoms with Gasteiger partial charge in [0, 0.05) is 22.3 Å². The van der Waals surface area contributed by atoms with Gasteiger partial charge in [0.05, 0.1) is 11.6 Å². The van der Waals surface area contributed by atoms with E-state index in [1.807, 2.05) is 6.08 Å². The minimum atomic E-state index is 0.732. The summed E-state index contributed by atoms with van der Waals surface area (Å²) < 4.78 is 0. The molecule has 18 heavy (non-hydrogen) atoms. The Labute approximate surface area is 110 Å². The molecule has 2 heterocycles. The van der Waals surface area contributed by atoms with Crippen molar-refractivity contribution in [3.8, 4) is 6.07 Å². The van der Waals surface area contributed by atoms with Gasteiger partial charge in [0.2, 0.25) is 0 Å². The molecule has 1 aromatic heterocycles. The summed E-state index contributed by atoms with van der Waals surface area (Å²) in [4.78, 5) is 4.76. The predicted octanol–water partition coefficient (Wildman–Crippen LogP) is 3.81. The van der Waals surface area contributed by atoms with Crippen LogP contribution in [0, 0.1) is 11.3 Å². The van der Waals surface area contributed by atoms with Crippen LogP contribution in [0.25, 0.3) is 17.0 Å². The minimum absolute atomic E-state index is 0.732. The molecule has 0 amide bonds. The third-order valence-corrected chi connectivity index (χ3v) is 4.20. The van der Waals surface area contributed by atoms with Crippen LogP contribution in [-0.2, 0) is 6.42 Å². The molecule has 0 atom stereocenters. The molecule has 3 rings (SSSR count). The van der Waals surface area contributed by atoms with Crippen molar-refractivity contribution in [1.29, 1.82) is 5.26 Å². The normalized spacial score (nSPS) is 13.9. The summed E-state index contributed by atoms with van der Waals surface area (Å²) in [5.74, 6) is 0.732. The first-order valence-corrected chi connectivity index (χ1v) is 6.96. The smallest absolute Gasteiger partial charge is 0.104 e. The Morgan fingerprint density at radius 1 is 1.44 bits per heavy atom. The highest BCUT2D eigenvalue weighted by Gasteiger charge is 2.14. The van der Waals surface area contributed by atoms with Crippen molar-refractivity contribution in [2.24, 2.45) is 0 Å². The third-order valence-electron chi connectivity index (χ3n) is 3.14. The van der Waals surface area contributed by atoms with Gasteiger partial charge >= 0.3 is 0 Å². The third kappa shape index (κ3) is 1.79. The van der Waals surface area contributed by atoms with Gasteiger partial charge in [0.15, 0.2) is 0 Å². The first-order valence-electron chi connectivity index (χ1n) is 5.98. The molecule has 1 aromatic carbocycles. The SMILES string of the molecule is CCc1cccc2cc3c(nc12)SCC(C#N)=C3. The fraction of sp³-hybridized carbons (Fsp3) is 0.200. The molecule has 0 fully saturated rings. The first-order chi connectivity index (χ1) is 8.81. The van der Waals surface area contributed by atoms with Crippen LogP contribution < -0.4 is 0 Å². The van der Waals surface area contributed by atoms with Crippen LogP contribution in [-0.4, -0.2) is 10.7 Å². The van der Waals surface area contributed by atoms with Crippen LogP contribution in [0.3, 0.4) is 0 Å². The summed E-state index contributed by atoms with van der Waals surface area (Å²) in [5, 5.41) is 11.2. The number of nitrogens with zero attached hydrogens (tertiary/aromatic N) is 2. The van der Waals surface area contributed by atoms with Crippen LogP contribution >= 0.6 is 11.8 Å². The van der Waals surface area contributed by atoms with Gasteiger partial charge in [-0.2, -0.15) is 5.26 Å². The van der Waals surface area contributed by atoms with Crippen molar-refractivity contribution >= 4 is 28.7 Å². The first kappa shape index (κ1) is 11.3. The maximum absolute atomic E-state index is 8.96. The molecule has 88 valence electrons. The summed E-state index contributed by atoms with van der Waals surface area (Å²) in [6.45, 7) is 2.15. The van der Waals surface area contributed by atoms with Gasteiger partial charge in [0.25, 0.3) is 0 Å². The van der Waals surface area contributed by atoms with Gasteiger partial charge in [-0.05, 0) is 24.1 Å². The second-order valence-corrected chi connectivity index (χ2v) is 5.26. The summed E-state index contributed by atoms with van der Waals surface area (Å²) in [5.41, 5.74) is 4.27. The number of hydrogen-bond donors (Lipinski definition) is 0. The van der Waals surface area contributed by atoms with Crippen LogP contribution in [0.2, 0.25) is 0 Å². The van der Waals surface area contributed by atoms with Crippen molar-refractivity contribution in [2.45, 2.75) is 18.4 Å². The van der Waals surface area contributed by atoms with E-state index in [-0.39, 0.29) is 0 Å². The molecule has 3 heteroatoms. The lowest BCUT2D eigenvalue weighted by Crippen LogP contribution is -1.98. The van der Waals surface area contributed by atoms with E-state index in [4.69, 9.17) is 10.2 Å². The Morgan fingerprint density at radius 3 is 3.11 bits per heavy atom. The second-order valence-electron chi connectivity index (χ2n) is 4.30.